The van der Waals surface area contributed by atoms with Gasteiger partial charge in [0.1, 0.15) is 37.1 Å². The third kappa shape index (κ3) is 7.83. The maximum absolute atomic E-state index is 13.7. The number of thiazole rings is 1. The Labute approximate surface area is 216 Å². The molecule has 0 fully saturated rings. The van der Waals surface area contributed by atoms with Crippen LogP contribution in [0.4, 0.5) is 4.39 Å². The number of rotatable bonds is 12. The van der Waals surface area contributed by atoms with E-state index >= 15 is 0 Å². The summed E-state index contributed by atoms with van der Waals surface area (Å²) in [5.41, 5.74) is 11.5. The fraction of sp³-hybridized carbons (Fsp3) is 0.333. The monoisotopic (exact) mass is 573 g/mol. The molecule has 0 aliphatic carbocycles. The molecule has 1 aromatic heterocycles. The molecule has 2 aromatic carbocycles. The van der Waals surface area contributed by atoms with Crippen LogP contribution in [0.3, 0.4) is 0 Å². The first-order chi connectivity index (χ1) is 17.3. The number of nitrogens with two attached hydrogens (primary N) is 2. The number of nitrogens with one attached hydrogen (secondary N) is 1. The highest BCUT2D eigenvalue weighted by atomic mass is 32.2. The van der Waals surface area contributed by atoms with E-state index in [4.69, 9.17) is 30.7 Å². The van der Waals surface area contributed by atoms with E-state index in [9.17, 15) is 22.3 Å². The molecule has 0 radical (unpaired) electrons. The van der Waals surface area contributed by atoms with Crippen LogP contribution in [0.15, 0.2) is 34.7 Å². The summed E-state index contributed by atoms with van der Waals surface area (Å²) in [6, 6.07) is 7.05. The van der Waals surface area contributed by atoms with Crippen molar-refractivity contribution < 1.29 is 36.3 Å². The molecule has 0 amide bonds. The molecule has 0 aliphatic rings. The Hall–Kier alpha value is -2.83. The first-order valence-corrected chi connectivity index (χ1v) is 14.8. The fourth-order valence-electron chi connectivity index (χ4n) is 2.77. The number of benzene rings is 2. The van der Waals surface area contributed by atoms with Crippen molar-refractivity contribution >= 4 is 39.2 Å². The normalized spacial score (nSPS) is 14.9. The first kappa shape index (κ1) is 28.7. The third-order valence-corrected chi connectivity index (χ3v) is 8.50. The molecule has 3 atom stereocenters. The van der Waals surface area contributed by atoms with Gasteiger partial charge in [0.05, 0.1) is 15.8 Å². The average Bonchev–Trinajstić information content (AvgIpc) is 3.23. The highest BCUT2D eigenvalue weighted by molar-refractivity contribution is 7.91. The number of ether oxygens (including phenoxy) is 2. The summed E-state index contributed by atoms with van der Waals surface area (Å²) >= 11 is 0.801. The number of nitriles is 1. The van der Waals surface area contributed by atoms with Crippen molar-refractivity contribution in [3.63, 3.8) is 0 Å². The van der Waals surface area contributed by atoms with Gasteiger partial charge in [0, 0.05) is 30.3 Å². The smallest absolute Gasteiger partial charge is 0.391 e. The SMILES string of the molecule is CC(N)COc1cc2nc(S(=O)(=O)NCP(=O)(O)Oc3ccc(C#N)c(F)c3)sc2cc1OCC(C)N. The zero-order chi connectivity index (χ0) is 27.4. The summed E-state index contributed by atoms with van der Waals surface area (Å²) in [5, 5.41) is 8.76. The van der Waals surface area contributed by atoms with Crippen LogP contribution >= 0.6 is 18.9 Å². The molecule has 3 aromatic rings. The topological polar surface area (TPSA) is 200 Å². The standard InChI is InChI=1S/C21H25FN5O7PS2/c1-12(24)9-32-18-6-17-20(7-19(18)33-10-13(2)25)36-21(27-17)37(30,31)26-11-35(28,29)34-15-4-3-14(8-23)16(22)5-15/h3-7,12-13,26H,9-11,24-25H2,1-2H3,(H,28,29). The largest absolute Gasteiger partial charge is 0.488 e. The summed E-state index contributed by atoms with van der Waals surface area (Å²) in [4.78, 5) is 14.2. The molecule has 16 heteroatoms. The van der Waals surface area contributed by atoms with Crippen LogP contribution in [0.5, 0.6) is 17.2 Å². The Morgan fingerprint density at radius 1 is 1.19 bits per heavy atom. The fourth-order valence-corrected chi connectivity index (χ4v) is 6.54. The lowest BCUT2D eigenvalue weighted by Gasteiger charge is -2.15. The Morgan fingerprint density at radius 3 is 2.38 bits per heavy atom. The van der Waals surface area contributed by atoms with Gasteiger partial charge in [0.25, 0.3) is 10.0 Å². The number of sulfonamides is 1. The molecule has 12 nitrogen and oxygen atoms in total. The predicted molar refractivity (Wildman–Crippen MR) is 135 cm³/mol. The van der Waals surface area contributed by atoms with Gasteiger partial charge < -0.3 is 30.4 Å². The maximum Gasteiger partial charge on any atom is 0.391 e. The lowest BCUT2D eigenvalue weighted by atomic mass is 10.2. The van der Waals surface area contributed by atoms with Gasteiger partial charge in [0.15, 0.2) is 11.5 Å². The van der Waals surface area contributed by atoms with Crippen molar-refractivity contribution in [1.29, 1.82) is 5.26 Å². The van der Waals surface area contributed by atoms with Crippen molar-refractivity contribution in [2.45, 2.75) is 30.3 Å². The molecule has 1 heterocycles. The number of nitrogens with zero attached hydrogens (tertiary/aromatic N) is 2. The second-order valence-electron chi connectivity index (χ2n) is 8.11. The van der Waals surface area contributed by atoms with Crippen LogP contribution in [0.1, 0.15) is 19.4 Å². The molecular weight excluding hydrogens is 548 g/mol. The average molecular weight is 574 g/mol. The molecule has 6 N–H and O–H groups in total. The van der Waals surface area contributed by atoms with Crippen LogP contribution in [-0.4, -0.2) is 49.9 Å². The van der Waals surface area contributed by atoms with E-state index in [-0.39, 0.29) is 46.5 Å². The summed E-state index contributed by atoms with van der Waals surface area (Å²) in [6.07, 6.45) is -1.02. The first-order valence-electron chi connectivity index (χ1n) is 10.7. The van der Waals surface area contributed by atoms with Gasteiger partial charge in [0.2, 0.25) is 4.34 Å². The molecule has 0 bridgehead atoms. The number of fused-ring (bicyclic) bond motifs is 1. The van der Waals surface area contributed by atoms with Gasteiger partial charge in [-0.1, -0.05) is 0 Å². The van der Waals surface area contributed by atoms with Crippen molar-refractivity contribution in [1.82, 2.24) is 9.71 Å². The van der Waals surface area contributed by atoms with Crippen LogP contribution < -0.4 is 30.2 Å². The van der Waals surface area contributed by atoms with Crippen molar-refractivity contribution in [3.05, 3.63) is 41.7 Å². The highest BCUT2D eigenvalue weighted by Gasteiger charge is 2.28. The van der Waals surface area contributed by atoms with Gasteiger partial charge in [-0.3, -0.25) is 0 Å². The number of hydrogen-bond acceptors (Lipinski definition) is 11. The summed E-state index contributed by atoms with van der Waals surface area (Å²) in [6.45, 7) is 3.86. The summed E-state index contributed by atoms with van der Waals surface area (Å²) in [5.74, 6) is -0.673. The Balaban J connectivity index is 1.80. The van der Waals surface area contributed by atoms with Crippen LogP contribution in [0.2, 0.25) is 0 Å². The van der Waals surface area contributed by atoms with Crippen LogP contribution in [0, 0.1) is 17.1 Å². The van der Waals surface area contributed by atoms with E-state index in [0.29, 0.717) is 16.2 Å². The highest BCUT2D eigenvalue weighted by Crippen LogP contribution is 2.42. The van der Waals surface area contributed by atoms with Gasteiger partial charge >= 0.3 is 7.60 Å². The molecule has 0 aliphatic heterocycles. The van der Waals surface area contributed by atoms with Gasteiger partial charge in [-0.15, -0.1) is 11.3 Å². The van der Waals surface area contributed by atoms with Gasteiger partial charge in [-0.25, -0.2) is 22.4 Å². The van der Waals surface area contributed by atoms with E-state index < -0.39 is 29.7 Å². The molecule has 37 heavy (non-hydrogen) atoms. The minimum Gasteiger partial charge on any atom is -0.488 e. The molecule has 200 valence electrons. The molecular formula is C21H25FN5O7PS2. The minimum absolute atomic E-state index is 0.172. The minimum atomic E-state index is -4.59. The number of hydrogen-bond donors (Lipinski definition) is 4. The predicted octanol–water partition coefficient (Wildman–Crippen LogP) is 2.26. The zero-order valence-electron chi connectivity index (χ0n) is 19.8. The summed E-state index contributed by atoms with van der Waals surface area (Å²) < 4.78 is 70.0. The van der Waals surface area contributed by atoms with E-state index in [0.717, 1.165) is 29.5 Å². The number of aromatic nitrogens is 1. The quantitative estimate of drug-likeness (QED) is 0.232. The Kier molecular flexibility index (Phi) is 9.09. The second kappa shape index (κ2) is 11.7. The van der Waals surface area contributed by atoms with E-state index in [1.807, 2.05) is 4.72 Å². The molecule has 0 saturated heterocycles. The zero-order valence-corrected chi connectivity index (χ0v) is 22.3. The second-order valence-corrected chi connectivity index (χ2v) is 12.9. The van der Waals surface area contributed by atoms with Crippen molar-refractivity contribution in [2.24, 2.45) is 11.5 Å². The molecule has 0 saturated carbocycles. The van der Waals surface area contributed by atoms with E-state index in [1.165, 1.54) is 6.07 Å². The lowest BCUT2D eigenvalue weighted by molar-refractivity contribution is 0.251. The Bertz CT molecular complexity index is 1420. The lowest BCUT2D eigenvalue weighted by Crippen LogP contribution is -2.25. The van der Waals surface area contributed by atoms with Crippen molar-refractivity contribution in [2.75, 3.05) is 19.5 Å². The Morgan fingerprint density at radius 2 is 1.81 bits per heavy atom. The molecule has 0 spiro atoms. The van der Waals surface area contributed by atoms with Gasteiger partial charge in [-0.2, -0.15) is 9.98 Å². The van der Waals surface area contributed by atoms with E-state index in [1.54, 1.807) is 26.0 Å². The third-order valence-electron chi connectivity index (χ3n) is 4.43. The van der Waals surface area contributed by atoms with Crippen molar-refractivity contribution in [3.8, 4) is 23.3 Å². The number of halogens is 1. The molecule has 3 rings (SSSR count). The van der Waals surface area contributed by atoms with Crippen LogP contribution in [0.25, 0.3) is 10.2 Å². The summed E-state index contributed by atoms with van der Waals surface area (Å²) in [7, 11) is -8.93. The van der Waals surface area contributed by atoms with Crippen LogP contribution in [-0.2, 0) is 14.6 Å². The maximum atomic E-state index is 13.7. The van der Waals surface area contributed by atoms with E-state index in [2.05, 4.69) is 4.98 Å². The van der Waals surface area contributed by atoms with Gasteiger partial charge in [-0.05, 0) is 26.0 Å². The molecule has 3 unspecified atom stereocenters.